The Balaban J connectivity index is 1.58. The molecule has 2 amide bonds. The molecule has 2 aliphatic rings. The minimum atomic E-state index is -2.77. The first-order chi connectivity index (χ1) is 10.9. The number of halogens is 2. The number of likely N-dealkylation sites (tertiary alicyclic amines) is 2. The monoisotopic (exact) mass is 328 g/mol. The van der Waals surface area contributed by atoms with Crippen LogP contribution in [0, 0.1) is 0 Å². The summed E-state index contributed by atoms with van der Waals surface area (Å²) in [5.41, 5.74) is 0. The van der Waals surface area contributed by atoms with Gasteiger partial charge in [0.2, 0.25) is 11.7 Å². The fourth-order valence-electron chi connectivity index (χ4n) is 3.11. The SMILES string of the molecule is CC(=O)NC[C@@H]1CC(F)(F)CN1C1CN(C(=O)c2ccno2)C1. The molecule has 9 heteroatoms. The zero-order chi connectivity index (χ0) is 16.6. The minimum Gasteiger partial charge on any atom is -0.355 e. The summed E-state index contributed by atoms with van der Waals surface area (Å²) in [5, 5.41) is 6.08. The molecule has 2 fully saturated rings. The van der Waals surface area contributed by atoms with Crippen molar-refractivity contribution in [3.8, 4) is 0 Å². The lowest BCUT2D eigenvalue weighted by atomic mass is 10.1. The van der Waals surface area contributed by atoms with Gasteiger partial charge in [0.25, 0.3) is 11.8 Å². The van der Waals surface area contributed by atoms with Gasteiger partial charge in [0, 0.05) is 51.1 Å². The number of carbonyl (C=O) groups is 2. The predicted molar refractivity (Wildman–Crippen MR) is 74.9 cm³/mol. The van der Waals surface area contributed by atoms with E-state index in [-0.39, 0.29) is 43.1 Å². The maximum atomic E-state index is 13.7. The number of nitrogens with one attached hydrogen (secondary N) is 1. The Hall–Kier alpha value is -2.03. The zero-order valence-electron chi connectivity index (χ0n) is 12.7. The van der Waals surface area contributed by atoms with Gasteiger partial charge in [-0.25, -0.2) is 8.78 Å². The second kappa shape index (κ2) is 5.88. The van der Waals surface area contributed by atoms with Crippen LogP contribution in [0.25, 0.3) is 0 Å². The smallest absolute Gasteiger partial charge is 0.292 e. The van der Waals surface area contributed by atoms with Crippen LogP contribution < -0.4 is 5.32 Å². The number of hydrogen-bond donors (Lipinski definition) is 1. The summed E-state index contributed by atoms with van der Waals surface area (Å²) in [6.45, 7) is 1.95. The highest BCUT2D eigenvalue weighted by molar-refractivity contribution is 5.91. The average molecular weight is 328 g/mol. The number of hydrogen-bond acceptors (Lipinski definition) is 5. The first-order valence-corrected chi connectivity index (χ1v) is 7.44. The number of alkyl halides is 2. The third kappa shape index (κ3) is 3.34. The Morgan fingerprint density at radius 3 is 2.83 bits per heavy atom. The van der Waals surface area contributed by atoms with Gasteiger partial charge in [0.05, 0.1) is 12.7 Å². The van der Waals surface area contributed by atoms with E-state index in [9.17, 15) is 18.4 Å². The van der Waals surface area contributed by atoms with Crippen LogP contribution in [0.15, 0.2) is 16.8 Å². The number of aromatic nitrogens is 1. The highest BCUT2D eigenvalue weighted by atomic mass is 19.3. The average Bonchev–Trinajstić information content (AvgIpc) is 3.02. The van der Waals surface area contributed by atoms with Gasteiger partial charge in [0.15, 0.2) is 0 Å². The number of nitrogens with zero attached hydrogens (tertiary/aromatic N) is 3. The van der Waals surface area contributed by atoms with Crippen LogP contribution in [0.2, 0.25) is 0 Å². The summed E-state index contributed by atoms with van der Waals surface area (Å²) in [4.78, 5) is 26.3. The molecule has 3 rings (SSSR count). The van der Waals surface area contributed by atoms with E-state index in [4.69, 9.17) is 4.52 Å². The maximum Gasteiger partial charge on any atom is 0.292 e. The van der Waals surface area contributed by atoms with E-state index in [2.05, 4.69) is 10.5 Å². The van der Waals surface area contributed by atoms with E-state index < -0.39 is 12.0 Å². The summed E-state index contributed by atoms with van der Waals surface area (Å²) < 4.78 is 32.2. The van der Waals surface area contributed by atoms with E-state index in [1.54, 1.807) is 4.90 Å². The minimum absolute atomic E-state index is 0.131. The molecule has 0 bridgehead atoms. The molecule has 0 unspecified atom stereocenters. The van der Waals surface area contributed by atoms with Gasteiger partial charge < -0.3 is 14.7 Å². The number of rotatable bonds is 4. The molecule has 1 aromatic heterocycles. The molecule has 0 spiro atoms. The lowest BCUT2D eigenvalue weighted by Gasteiger charge is -2.45. The molecule has 7 nitrogen and oxygen atoms in total. The fourth-order valence-corrected chi connectivity index (χ4v) is 3.11. The van der Waals surface area contributed by atoms with Gasteiger partial charge in [-0.15, -0.1) is 0 Å². The van der Waals surface area contributed by atoms with E-state index in [0.29, 0.717) is 13.1 Å². The fraction of sp³-hybridized carbons (Fsp3) is 0.643. The third-order valence-corrected chi connectivity index (χ3v) is 4.27. The quantitative estimate of drug-likeness (QED) is 0.863. The van der Waals surface area contributed by atoms with Crippen molar-refractivity contribution in [3.63, 3.8) is 0 Å². The van der Waals surface area contributed by atoms with E-state index in [1.807, 2.05) is 0 Å². The molecule has 1 N–H and O–H groups in total. The van der Waals surface area contributed by atoms with Gasteiger partial charge in [0.1, 0.15) is 0 Å². The Morgan fingerprint density at radius 2 is 2.22 bits per heavy atom. The van der Waals surface area contributed by atoms with E-state index in [1.165, 1.54) is 24.1 Å². The second-order valence-corrected chi connectivity index (χ2v) is 6.06. The molecule has 2 aliphatic heterocycles. The standard InChI is InChI=1S/C14H18F2N4O3/c1-9(21)17-5-10-4-14(15,16)8-20(10)11-6-19(7-11)13(22)12-2-3-18-23-12/h2-3,10-11H,4-8H2,1H3,(H,17,21)/t10-/m0/s1. The van der Waals surface area contributed by atoms with Crippen LogP contribution in [0.4, 0.5) is 8.78 Å². The van der Waals surface area contributed by atoms with Crippen molar-refractivity contribution in [2.24, 2.45) is 0 Å². The van der Waals surface area contributed by atoms with Crippen LogP contribution >= 0.6 is 0 Å². The Morgan fingerprint density at radius 1 is 1.48 bits per heavy atom. The summed E-state index contributed by atoms with van der Waals surface area (Å²) in [6, 6.07) is 0.926. The van der Waals surface area contributed by atoms with Gasteiger partial charge in [-0.1, -0.05) is 5.16 Å². The second-order valence-electron chi connectivity index (χ2n) is 6.06. The highest BCUT2D eigenvalue weighted by Crippen LogP contribution is 2.35. The zero-order valence-corrected chi connectivity index (χ0v) is 12.7. The molecule has 1 aromatic rings. The Labute approximate surface area is 131 Å². The van der Waals surface area contributed by atoms with E-state index >= 15 is 0 Å². The highest BCUT2D eigenvalue weighted by Gasteiger charge is 2.50. The van der Waals surface area contributed by atoms with Crippen molar-refractivity contribution < 1.29 is 22.9 Å². The molecular weight excluding hydrogens is 310 g/mol. The molecule has 2 saturated heterocycles. The van der Waals surface area contributed by atoms with Gasteiger partial charge >= 0.3 is 0 Å². The van der Waals surface area contributed by atoms with Crippen molar-refractivity contribution in [2.75, 3.05) is 26.2 Å². The van der Waals surface area contributed by atoms with Crippen LogP contribution in [0.5, 0.6) is 0 Å². The lowest BCUT2D eigenvalue weighted by molar-refractivity contribution is -0.119. The first-order valence-electron chi connectivity index (χ1n) is 7.44. The van der Waals surface area contributed by atoms with Crippen LogP contribution in [0.3, 0.4) is 0 Å². The molecule has 0 radical (unpaired) electrons. The van der Waals surface area contributed by atoms with Crippen LogP contribution in [0.1, 0.15) is 23.9 Å². The topological polar surface area (TPSA) is 78.7 Å². The van der Waals surface area contributed by atoms with Crippen LogP contribution in [-0.2, 0) is 4.79 Å². The van der Waals surface area contributed by atoms with Gasteiger partial charge in [-0.05, 0) is 0 Å². The molecule has 0 aromatic carbocycles. The normalized spacial score (nSPS) is 24.5. The van der Waals surface area contributed by atoms with Crippen molar-refractivity contribution in [1.29, 1.82) is 0 Å². The molecule has 0 aliphatic carbocycles. The van der Waals surface area contributed by atoms with Crippen molar-refractivity contribution in [3.05, 3.63) is 18.0 Å². The van der Waals surface area contributed by atoms with E-state index in [0.717, 1.165) is 0 Å². The summed E-state index contributed by atoms with van der Waals surface area (Å²) in [5.74, 6) is -3.15. The lowest BCUT2D eigenvalue weighted by Crippen LogP contribution is -2.63. The number of amides is 2. The molecule has 126 valence electrons. The van der Waals surface area contributed by atoms with Crippen molar-refractivity contribution in [1.82, 2.24) is 20.3 Å². The predicted octanol–water partition coefficient (Wildman–Crippen LogP) is 0.345. The molecule has 3 heterocycles. The molecular formula is C14H18F2N4O3. The molecule has 0 saturated carbocycles. The van der Waals surface area contributed by atoms with Crippen LogP contribution in [-0.4, -0.2) is 71.0 Å². The number of carbonyl (C=O) groups excluding carboxylic acids is 2. The van der Waals surface area contributed by atoms with Crippen molar-refractivity contribution >= 4 is 11.8 Å². The van der Waals surface area contributed by atoms with Gasteiger partial charge in [-0.2, -0.15) is 0 Å². The largest absolute Gasteiger partial charge is 0.355 e. The third-order valence-electron chi connectivity index (χ3n) is 4.27. The first kappa shape index (κ1) is 15.9. The molecule has 23 heavy (non-hydrogen) atoms. The summed E-state index contributed by atoms with van der Waals surface area (Å²) in [6.07, 6.45) is 1.11. The van der Waals surface area contributed by atoms with Gasteiger partial charge in [-0.3, -0.25) is 14.5 Å². The Bertz CT molecular complexity index is 587. The molecule has 1 atom stereocenters. The Kier molecular flexibility index (Phi) is 4.05. The maximum absolute atomic E-state index is 13.7. The van der Waals surface area contributed by atoms with Crippen molar-refractivity contribution in [2.45, 2.75) is 31.4 Å². The summed E-state index contributed by atoms with van der Waals surface area (Å²) in [7, 11) is 0. The summed E-state index contributed by atoms with van der Waals surface area (Å²) >= 11 is 0.